The minimum atomic E-state index is -4.66. The highest BCUT2D eigenvalue weighted by Crippen LogP contribution is 2.32. The molecule has 0 bridgehead atoms. The van der Waals surface area contributed by atoms with Gasteiger partial charge in [-0.1, -0.05) is 82.6 Å². The number of amides is 14. The zero-order valence-corrected chi connectivity index (χ0v) is 63.2. The predicted octanol–water partition coefficient (Wildman–Crippen LogP) is -2.84. The fourth-order valence-corrected chi connectivity index (χ4v) is 10.8. The van der Waals surface area contributed by atoms with E-state index in [-0.39, 0.29) is 57.1 Å². The van der Waals surface area contributed by atoms with E-state index in [2.05, 4.69) is 63.8 Å². The molecule has 0 radical (unpaired) electrons. The van der Waals surface area contributed by atoms with Crippen LogP contribution in [0.25, 0.3) is 0 Å². The first-order valence-corrected chi connectivity index (χ1v) is 35.9. The zero-order valence-electron chi connectivity index (χ0n) is 63.2. The number of nitrogens with one attached hydrogen (secondary N) is 13. The molecule has 0 spiro atoms. The van der Waals surface area contributed by atoms with Gasteiger partial charge in [-0.2, -0.15) is 13.2 Å². The Balaban J connectivity index is 2.37. The first-order chi connectivity index (χ1) is 52.8. The molecule has 0 saturated heterocycles. The van der Waals surface area contributed by atoms with Crippen LogP contribution in [0.4, 0.5) is 13.2 Å². The zero-order chi connectivity index (χ0) is 85.6. The molecule has 39 nitrogen and oxygen atoms in total. The number of hydrogen-bond acceptors (Lipinski definition) is 20. The van der Waals surface area contributed by atoms with Crippen molar-refractivity contribution in [3.05, 3.63) is 71.3 Å². The number of carbonyl (C=O) groups is 19. The van der Waals surface area contributed by atoms with Gasteiger partial charge in [0.15, 0.2) is 0 Å². The highest BCUT2D eigenvalue weighted by atomic mass is 19.4. The SMILES string of the molecule is CC[C@H](C)[C@H](NC(=O)[C@@H](NC(=O)[C@H](C)NC(=O)[C@H](CCCCNC(=O)CCc1ccccc1C(F)(F)F)NC(=O)[C@H](CC(=O)O)NC(C)=O)[C@@H](C)O)C(=O)NCC(=O)N[C@@H](Cc1ccccc1)C(=O)N[C@@H](CCC(=O)O)C(=O)N[C@H](C(=O)N[C@@H](CCC(N)=O)C(=O)N[C@@H](CCC(=O)O)C(=O)N[C@@H](CCC(=O)O)C(=O)O)C(C)C. The Bertz CT molecular complexity index is 3680. The molecule has 0 aliphatic heterocycles. The molecule has 0 aliphatic carbocycles. The molecular formula is C71H101F3N14O25. The Hall–Kier alpha value is -11.9. The van der Waals surface area contributed by atoms with Crippen molar-refractivity contribution in [2.45, 2.75) is 230 Å². The fourth-order valence-electron chi connectivity index (χ4n) is 10.8. The van der Waals surface area contributed by atoms with Crippen LogP contribution in [0.2, 0.25) is 0 Å². The Morgan fingerprint density at radius 3 is 1.38 bits per heavy atom. The van der Waals surface area contributed by atoms with Crippen LogP contribution in [-0.2, 0) is 110 Å². The average molecular weight is 1610 g/mol. The van der Waals surface area contributed by atoms with Crippen molar-refractivity contribution < 1.29 is 135 Å². The fraction of sp³-hybridized carbons (Fsp3) is 0.563. The summed E-state index contributed by atoms with van der Waals surface area (Å²) in [4.78, 5) is 248. The van der Waals surface area contributed by atoms with Gasteiger partial charge in [-0.15, -0.1) is 0 Å². The second-order valence-electron chi connectivity index (χ2n) is 26.9. The van der Waals surface area contributed by atoms with Crippen molar-refractivity contribution in [3.63, 3.8) is 0 Å². The number of unbranched alkanes of at least 4 members (excludes halogenated alkanes) is 1. The third-order valence-corrected chi connectivity index (χ3v) is 17.2. The van der Waals surface area contributed by atoms with Gasteiger partial charge in [0.25, 0.3) is 0 Å². The molecule has 2 rings (SSSR count). The summed E-state index contributed by atoms with van der Waals surface area (Å²) in [6, 6.07) is -6.36. The van der Waals surface area contributed by atoms with Gasteiger partial charge in [0.1, 0.15) is 66.5 Å². The van der Waals surface area contributed by atoms with Gasteiger partial charge in [-0.25, -0.2) is 4.79 Å². The number of alkyl halides is 3. The van der Waals surface area contributed by atoms with E-state index in [0.29, 0.717) is 5.56 Å². The van der Waals surface area contributed by atoms with E-state index in [4.69, 9.17) is 10.8 Å². The van der Waals surface area contributed by atoms with Crippen molar-refractivity contribution >= 4 is 113 Å². The Morgan fingerprint density at radius 1 is 0.434 bits per heavy atom. The number of aliphatic carboxylic acids is 5. The summed E-state index contributed by atoms with van der Waals surface area (Å²) in [7, 11) is 0. The second-order valence-corrected chi connectivity index (χ2v) is 26.9. The Morgan fingerprint density at radius 2 is 0.885 bits per heavy atom. The van der Waals surface area contributed by atoms with Gasteiger partial charge in [-0.3, -0.25) is 86.3 Å². The number of nitrogens with two attached hydrogens (primary N) is 1. The summed E-state index contributed by atoms with van der Waals surface area (Å²) >= 11 is 0. The second kappa shape index (κ2) is 48.7. The van der Waals surface area contributed by atoms with Gasteiger partial charge in [0.05, 0.1) is 24.6 Å². The molecular weight excluding hydrogens is 1510 g/mol. The lowest BCUT2D eigenvalue weighted by Gasteiger charge is -2.29. The molecule has 21 N–H and O–H groups in total. The van der Waals surface area contributed by atoms with Crippen LogP contribution in [0.15, 0.2) is 54.6 Å². The van der Waals surface area contributed by atoms with Crippen LogP contribution in [0.3, 0.4) is 0 Å². The topological polar surface area (TPSA) is 628 Å². The smallest absolute Gasteiger partial charge is 0.416 e. The molecule has 626 valence electrons. The maximum Gasteiger partial charge on any atom is 0.416 e. The van der Waals surface area contributed by atoms with Gasteiger partial charge in [-0.05, 0) is 94.2 Å². The molecule has 13 atom stereocenters. The van der Waals surface area contributed by atoms with Crippen LogP contribution in [0.1, 0.15) is 155 Å². The average Bonchev–Trinajstić information content (AvgIpc) is 0.838. The van der Waals surface area contributed by atoms with E-state index < -0.39 is 273 Å². The van der Waals surface area contributed by atoms with Gasteiger partial charge < -0.3 is 105 Å². The van der Waals surface area contributed by atoms with E-state index in [9.17, 15) is 130 Å². The lowest BCUT2D eigenvalue weighted by Crippen LogP contribution is -2.61. The predicted molar refractivity (Wildman–Crippen MR) is 387 cm³/mol. The van der Waals surface area contributed by atoms with Crippen molar-refractivity contribution in [3.8, 4) is 0 Å². The Kier molecular flexibility index (Phi) is 41.9. The molecule has 2 aromatic carbocycles. The molecule has 42 heteroatoms. The number of carbonyl (C=O) groups excluding carboxylic acids is 14. The highest BCUT2D eigenvalue weighted by Gasteiger charge is 2.39. The minimum absolute atomic E-state index is 0.0304. The van der Waals surface area contributed by atoms with Crippen molar-refractivity contribution in [2.24, 2.45) is 17.6 Å². The molecule has 0 aliphatic rings. The normalized spacial score (nSPS) is 14.6. The number of hydrogen-bond donors (Lipinski definition) is 20. The number of carboxylic acids is 5. The van der Waals surface area contributed by atoms with Crippen LogP contribution in [0.5, 0.6) is 0 Å². The maximum absolute atomic E-state index is 14.4. The highest BCUT2D eigenvalue weighted by molar-refractivity contribution is 6.00. The number of rotatable bonds is 52. The summed E-state index contributed by atoms with van der Waals surface area (Å²) in [6.45, 7) is 8.17. The van der Waals surface area contributed by atoms with E-state index >= 15 is 0 Å². The third-order valence-electron chi connectivity index (χ3n) is 17.2. The molecule has 0 saturated carbocycles. The van der Waals surface area contributed by atoms with Crippen molar-refractivity contribution in [1.29, 1.82) is 0 Å². The summed E-state index contributed by atoms with van der Waals surface area (Å²) in [5.41, 5.74) is 4.73. The lowest BCUT2D eigenvalue weighted by molar-refractivity contribution is -0.144. The quantitative estimate of drug-likeness (QED) is 0.0297. The lowest BCUT2D eigenvalue weighted by atomic mass is 9.97. The molecule has 113 heavy (non-hydrogen) atoms. The van der Waals surface area contributed by atoms with Crippen LogP contribution >= 0.6 is 0 Å². The number of aliphatic hydroxyl groups excluding tert-OH is 1. The van der Waals surface area contributed by atoms with E-state index in [1.165, 1.54) is 39.0 Å². The van der Waals surface area contributed by atoms with Gasteiger partial charge >= 0.3 is 36.0 Å². The van der Waals surface area contributed by atoms with Crippen molar-refractivity contribution in [2.75, 3.05) is 13.1 Å². The van der Waals surface area contributed by atoms with Crippen LogP contribution in [0, 0.1) is 11.8 Å². The third kappa shape index (κ3) is 37.1. The molecule has 2 aromatic rings. The summed E-state index contributed by atoms with van der Waals surface area (Å²) in [5, 5.41) is 88.3. The Labute approximate surface area is 646 Å². The standard InChI is InChI=1S/C71H101F3N14O25/c1-8-36(4)58(87-69(111)59(38(6)89)88-60(102)37(5)78-61(103)43(81-66(108)49(33-56(100)101)79-39(7)90)20-14-15-31-76-51(92)27-21-41-18-12-13-19-42(41)71(72,73)74)67(109)77-34-52(93)80-48(32-40-16-10-9-11-17-40)65(107)83-46(24-29-54(96)97)64(106)86-57(35(2)3)68(110)84-44(22-26-50(75)91)62(104)82-45(23-28-53(94)95)63(105)85-47(70(112)113)25-30-55(98)99/h9-13,16-19,35-38,43-49,57-59,89H,8,14-15,20-34H2,1-7H3,(H2,75,91)(H,76,92)(H,77,109)(H,78,103)(H,79,90)(H,80,93)(H,81,108)(H,82,104)(H,83,107)(H,84,110)(H,85,105)(H,86,106)(H,87,111)(H,88,102)(H,94,95)(H,96,97)(H,98,99)(H,100,101)(H,112,113)/t36-,37-,38+,43-,44-,45-,46-,47-,48-,49-,57-,58-,59-/m0/s1. The number of aliphatic hydroxyl groups is 1. The number of primary amides is 1. The molecule has 0 heterocycles. The molecule has 0 aromatic heterocycles. The largest absolute Gasteiger partial charge is 0.481 e. The number of aryl methyl sites for hydroxylation is 1. The number of halogens is 3. The first kappa shape index (κ1) is 97.2. The monoisotopic (exact) mass is 1610 g/mol. The molecule has 14 amide bonds. The van der Waals surface area contributed by atoms with Crippen LogP contribution in [-0.4, -0.2) is 229 Å². The maximum atomic E-state index is 14.4. The van der Waals surface area contributed by atoms with E-state index in [1.807, 2.05) is 5.32 Å². The number of benzene rings is 2. The van der Waals surface area contributed by atoms with E-state index in [1.54, 1.807) is 37.3 Å². The van der Waals surface area contributed by atoms with Gasteiger partial charge in [0, 0.05) is 52.0 Å². The van der Waals surface area contributed by atoms with Gasteiger partial charge in [0.2, 0.25) is 82.7 Å². The van der Waals surface area contributed by atoms with E-state index in [0.717, 1.165) is 26.8 Å². The molecule has 0 fully saturated rings. The van der Waals surface area contributed by atoms with Crippen LogP contribution < -0.4 is 74.9 Å². The first-order valence-electron chi connectivity index (χ1n) is 35.9. The summed E-state index contributed by atoms with van der Waals surface area (Å²) in [6.07, 6.45) is -13.7. The summed E-state index contributed by atoms with van der Waals surface area (Å²) in [5.74, 6) is -24.3. The molecule has 0 unspecified atom stereocenters. The minimum Gasteiger partial charge on any atom is -0.481 e. The summed E-state index contributed by atoms with van der Waals surface area (Å²) < 4.78 is 40.5. The number of carboxylic acid groups (broad SMARTS) is 5. The van der Waals surface area contributed by atoms with Crippen molar-refractivity contribution in [1.82, 2.24) is 69.1 Å².